The Labute approximate surface area is 133 Å². The summed E-state index contributed by atoms with van der Waals surface area (Å²) in [7, 11) is 0. The van der Waals surface area contributed by atoms with E-state index in [1.165, 1.54) is 4.90 Å². The number of hydrogen-bond acceptors (Lipinski definition) is 3. The van der Waals surface area contributed by atoms with Crippen LogP contribution in [-0.4, -0.2) is 24.5 Å². The van der Waals surface area contributed by atoms with Gasteiger partial charge in [0.1, 0.15) is 11.8 Å². The molecule has 0 fully saturated rings. The van der Waals surface area contributed by atoms with Crippen molar-refractivity contribution in [2.75, 3.05) is 13.2 Å². The number of rotatable bonds is 5. The molecule has 116 valence electrons. The van der Waals surface area contributed by atoms with Crippen LogP contribution < -0.4 is 4.74 Å². The van der Waals surface area contributed by atoms with Gasteiger partial charge in [-0.3, -0.25) is 0 Å². The van der Waals surface area contributed by atoms with Crippen LogP contribution in [0.1, 0.15) is 5.56 Å². The summed E-state index contributed by atoms with van der Waals surface area (Å²) < 4.78 is 30.9. The summed E-state index contributed by atoms with van der Waals surface area (Å²) in [5, 5.41) is 8.49. The van der Waals surface area contributed by atoms with Crippen LogP contribution in [0.4, 0.5) is 8.78 Å². The summed E-state index contributed by atoms with van der Waals surface area (Å²) in [4.78, 5) is 1.41. The molecule has 3 nitrogen and oxygen atoms in total. The van der Waals surface area contributed by atoms with Crippen LogP contribution in [0, 0.1) is 23.7 Å². The first-order chi connectivity index (χ1) is 11.1. The standard InChI is InChI=1S/C18H14F2N2O/c1-3-14-6-9-17(22(13(14)2)12-18(19)20)15-4-7-16(8-5-15)23-11-10-21/h1,4-9,18H,2,11-12H2. The second-order valence-corrected chi connectivity index (χ2v) is 4.70. The second kappa shape index (κ2) is 7.29. The maximum Gasteiger partial charge on any atom is 0.256 e. The van der Waals surface area contributed by atoms with Gasteiger partial charge in [0.05, 0.1) is 6.54 Å². The van der Waals surface area contributed by atoms with Gasteiger partial charge in [0, 0.05) is 17.0 Å². The summed E-state index contributed by atoms with van der Waals surface area (Å²) in [5.41, 5.74) is 2.16. The minimum absolute atomic E-state index is 0.0510. The van der Waals surface area contributed by atoms with Crippen molar-refractivity contribution in [3.05, 3.63) is 59.8 Å². The summed E-state index contributed by atoms with van der Waals surface area (Å²) in [6.45, 7) is 3.27. The molecular formula is C18H14F2N2O. The molecule has 0 atom stereocenters. The fourth-order valence-electron chi connectivity index (χ4n) is 2.21. The van der Waals surface area contributed by atoms with Crippen molar-refractivity contribution >= 4 is 5.70 Å². The Morgan fingerprint density at radius 3 is 2.52 bits per heavy atom. The van der Waals surface area contributed by atoms with Crippen LogP contribution >= 0.6 is 0 Å². The van der Waals surface area contributed by atoms with Gasteiger partial charge in [-0.15, -0.1) is 6.42 Å². The highest BCUT2D eigenvalue weighted by Crippen LogP contribution is 2.31. The fourth-order valence-corrected chi connectivity index (χ4v) is 2.21. The molecule has 0 saturated carbocycles. The highest BCUT2D eigenvalue weighted by Gasteiger charge is 2.23. The van der Waals surface area contributed by atoms with E-state index in [1.807, 2.05) is 6.07 Å². The zero-order valence-electron chi connectivity index (χ0n) is 12.3. The number of alkyl halides is 2. The molecule has 1 heterocycles. The number of halogens is 2. The quantitative estimate of drug-likeness (QED) is 0.780. The predicted molar refractivity (Wildman–Crippen MR) is 84.3 cm³/mol. The van der Waals surface area contributed by atoms with Gasteiger partial charge in [-0.2, -0.15) is 5.26 Å². The average molecular weight is 312 g/mol. The van der Waals surface area contributed by atoms with Crippen molar-refractivity contribution in [3.8, 4) is 24.2 Å². The number of nitriles is 1. The summed E-state index contributed by atoms with van der Waals surface area (Å²) >= 11 is 0. The third-order valence-electron chi connectivity index (χ3n) is 3.26. The molecule has 0 aromatic heterocycles. The average Bonchev–Trinajstić information content (AvgIpc) is 2.55. The van der Waals surface area contributed by atoms with Gasteiger partial charge >= 0.3 is 0 Å². The number of hydrogen-bond donors (Lipinski definition) is 0. The molecule has 0 aliphatic carbocycles. The van der Waals surface area contributed by atoms with E-state index in [2.05, 4.69) is 12.5 Å². The highest BCUT2D eigenvalue weighted by atomic mass is 19.3. The van der Waals surface area contributed by atoms with Crippen LogP contribution in [0.2, 0.25) is 0 Å². The molecule has 1 aliphatic rings. The van der Waals surface area contributed by atoms with E-state index in [-0.39, 0.29) is 6.61 Å². The largest absolute Gasteiger partial charge is 0.479 e. The zero-order chi connectivity index (χ0) is 16.8. The van der Waals surface area contributed by atoms with Crippen molar-refractivity contribution in [2.24, 2.45) is 0 Å². The van der Waals surface area contributed by atoms with Gasteiger partial charge in [-0.05, 0) is 42.0 Å². The first-order valence-electron chi connectivity index (χ1n) is 6.80. The molecule has 0 bridgehead atoms. The van der Waals surface area contributed by atoms with E-state index in [0.29, 0.717) is 22.7 Å². The van der Waals surface area contributed by atoms with E-state index >= 15 is 0 Å². The monoisotopic (exact) mass is 312 g/mol. The Morgan fingerprint density at radius 2 is 1.96 bits per heavy atom. The third kappa shape index (κ3) is 3.78. The zero-order valence-corrected chi connectivity index (χ0v) is 12.3. The Hall–Kier alpha value is -3.05. The fraction of sp³-hybridized carbons (Fsp3) is 0.167. The number of terminal acetylenes is 1. The maximum absolute atomic E-state index is 12.9. The van der Waals surface area contributed by atoms with Gasteiger partial charge in [0.25, 0.3) is 6.43 Å². The maximum atomic E-state index is 12.9. The van der Waals surface area contributed by atoms with Crippen LogP contribution in [0.3, 0.4) is 0 Å². The Morgan fingerprint density at radius 1 is 1.26 bits per heavy atom. The predicted octanol–water partition coefficient (Wildman–Crippen LogP) is 3.58. The molecule has 1 aromatic rings. The lowest BCUT2D eigenvalue weighted by Crippen LogP contribution is -2.29. The van der Waals surface area contributed by atoms with Gasteiger partial charge in [0.15, 0.2) is 6.61 Å². The van der Waals surface area contributed by atoms with Gasteiger partial charge in [0.2, 0.25) is 0 Å². The van der Waals surface area contributed by atoms with Crippen LogP contribution in [-0.2, 0) is 0 Å². The van der Waals surface area contributed by atoms with E-state index < -0.39 is 13.0 Å². The van der Waals surface area contributed by atoms with Crippen LogP contribution in [0.25, 0.3) is 5.70 Å². The Balaban J connectivity index is 2.32. The lowest BCUT2D eigenvalue weighted by molar-refractivity contribution is 0.123. The van der Waals surface area contributed by atoms with Gasteiger partial charge < -0.3 is 9.64 Å². The topological polar surface area (TPSA) is 36.3 Å². The normalized spacial score (nSPS) is 14.0. The van der Waals surface area contributed by atoms with E-state index in [0.717, 1.165) is 5.56 Å². The van der Waals surface area contributed by atoms with Crippen molar-refractivity contribution < 1.29 is 13.5 Å². The Bertz CT molecular complexity index is 734. The number of ether oxygens (including phenoxy) is 1. The highest BCUT2D eigenvalue weighted by molar-refractivity contribution is 5.72. The minimum Gasteiger partial charge on any atom is -0.479 e. The number of allylic oxidation sites excluding steroid dienone is 3. The molecule has 0 saturated heterocycles. The smallest absolute Gasteiger partial charge is 0.256 e. The van der Waals surface area contributed by atoms with E-state index in [9.17, 15) is 8.78 Å². The summed E-state index contributed by atoms with van der Waals surface area (Å²) in [5.74, 6) is 2.97. The number of benzene rings is 1. The van der Waals surface area contributed by atoms with Crippen molar-refractivity contribution in [2.45, 2.75) is 6.43 Å². The molecule has 0 amide bonds. The lowest BCUT2D eigenvalue weighted by atomic mass is 10.0. The molecule has 5 heteroatoms. The molecule has 0 unspecified atom stereocenters. The summed E-state index contributed by atoms with van der Waals surface area (Å²) in [6, 6.07) is 8.70. The Kier molecular flexibility index (Phi) is 5.17. The third-order valence-corrected chi connectivity index (χ3v) is 3.26. The second-order valence-electron chi connectivity index (χ2n) is 4.70. The van der Waals surface area contributed by atoms with Crippen LogP contribution in [0.15, 0.2) is 54.3 Å². The molecule has 2 rings (SSSR count). The minimum atomic E-state index is -2.52. The number of nitrogens with zero attached hydrogens (tertiary/aromatic N) is 2. The lowest BCUT2D eigenvalue weighted by Gasteiger charge is -2.31. The molecule has 0 radical (unpaired) electrons. The molecule has 1 aromatic carbocycles. The molecule has 23 heavy (non-hydrogen) atoms. The van der Waals surface area contributed by atoms with Crippen molar-refractivity contribution in [1.29, 1.82) is 5.26 Å². The van der Waals surface area contributed by atoms with E-state index in [1.54, 1.807) is 36.4 Å². The molecule has 0 spiro atoms. The molecule has 1 aliphatic heterocycles. The first kappa shape index (κ1) is 16.3. The van der Waals surface area contributed by atoms with Crippen molar-refractivity contribution in [1.82, 2.24) is 4.90 Å². The molecule has 0 N–H and O–H groups in total. The summed E-state index contributed by atoms with van der Waals surface area (Å²) in [6.07, 6.45) is 6.22. The van der Waals surface area contributed by atoms with Crippen LogP contribution in [0.5, 0.6) is 5.75 Å². The SMILES string of the molecule is C#CC1=CC=C(c2ccc(OCC#N)cc2)N(CC(F)F)C1=C. The van der Waals surface area contributed by atoms with E-state index in [4.69, 9.17) is 16.4 Å². The van der Waals surface area contributed by atoms with Gasteiger partial charge in [-0.1, -0.05) is 12.5 Å². The molecular weight excluding hydrogens is 298 g/mol. The van der Waals surface area contributed by atoms with Gasteiger partial charge in [-0.25, -0.2) is 8.78 Å². The first-order valence-corrected chi connectivity index (χ1v) is 6.80. The van der Waals surface area contributed by atoms with Crippen molar-refractivity contribution in [3.63, 3.8) is 0 Å².